The summed E-state index contributed by atoms with van der Waals surface area (Å²) < 4.78 is 29.6. The third kappa shape index (κ3) is 7.29. The fraction of sp³-hybridized carbons (Fsp3) is 0.276. The lowest BCUT2D eigenvalue weighted by Gasteiger charge is -2.32. The Kier molecular flexibility index (Phi) is 9.43. The summed E-state index contributed by atoms with van der Waals surface area (Å²) in [5.41, 5.74) is 2.03. The van der Waals surface area contributed by atoms with Gasteiger partial charge < -0.3 is 19.5 Å². The predicted molar refractivity (Wildman–Crippen MR) is 151 cm³/mol. The number of aliphatic imine (C=N–C) groups is 1. The quantitative estimate of drug-likeness (QED) is 0.361. The number of benzene rings is 3. The number of carbonyl (C=O) groups excluding carboxylic acids is 2. The largest absolute Gasteiger partial charge is 0.494 e. The third-order valence-corrected chi connectivity index (χ3v) is 7.18. The van der Waals surface area contributed by atoms with E-state index in [4.69, 9.17) is 14.2 Å². The van der Waals surface area contributed by atoms with Crippen molar-refractivity contribution in [3.8, 4) is 17.2 Å². The van der Waals surface area contributed by atoms with Crippen LogP contribution < -0.4 is 19.5 Å². The molecule has 1 fully saturated rings. The molecule has 3 aromatic carbocycles. The SMILES string of the molecule is CCOc1ccc(NC(=O)[C@@H]2CC(=O)N(CCc3ccc(OC)c(OC)c3)C(=Nc3ccc(F)cc3)S2)cc1. The summed E-state index contributed by atoms with van der Waals surface area (Å²) in [4.78, 5) is 32.6. The predicted octanol–water partition coefficient (Wildman–Crippen LogP) is 5.44. The molecular formula is C29H30FN3O5S. The Bertz CT molecular complexity index is 1330. The number of amides is 2. The minimum absolute atomic E-state index is 0.0158. The number of methoxy groups -OCH3 is 2. The highest BCUT2D eigenvalue weighted by Gasteiger charge is 2.36. The second-order valence-corrected chi connectivity index (χ2v) is 9.78. The highest BCUT2D eigenvalue weighted by atomic mass is 32.2. The van der Waals surface area contributed by atoms with Gasteiger partial charge in [-0.25, -0.2) is 9.38 Å². The minimum Gasteiger partial charge on any atom is -0.494 e. The topological polar surface area (TPSA) is 89.5 Å². The number of thioether (sulfide) groups is 1. The molecule has 1 heterocycles. The summed E-state index contributed by atoms with van der Waals surface area (Å²) in [5, 5.41) is 2.57. The number of nitrogens with zero attached hydrogens (tertiary/aromatic N) is 2. The average molecular weight is 552 g/mol. The normalized spacial score (nSPS) is 16.2. The van der Waals surface area contributed by atoms with E-state index in [1.165, 1.54) is 36.0 Å². The molecular weight excluding hydrogens is 521 g/mol. The first-order chi connectivity index (χ1) is 18.9. The molecule has 1 aliphatic heterocycles. The van der Waals surface area contributed by atoms with E-state index in [1.807, 2.05) is 25.1 Å². The van der Waals surface area contributed by atoms with Crippen LogP contribution in [0.1, 0.15) is 18.9 Å². The van der Waals surface area contributed by atoms with Gasteiger partial charge in [-0.05, 0) is 79.6 Å². The van der Waals surface area contributed by atoms with Gasteiger partial charge >= 0.3 is 0 Å². The lowest BCUT2D eigenvalue weighted by Crippen LogP contribution is -2.46. The maximum atomic E-state index is 13.5. The second-order valence-electron chi connectivity index (χ2n) is 8.61. The maximum Gasteiger partial charge on any atom is 0.238 e. The Morgan fingerprint density at radius 1 is 1.05 bits per heavy atom. The molecule has 2 amide bonds. The minimum atomic E-state index is -0.680. The maximum absolute atomic E-state index is 13.5. The summed E-state index contributed by atoms with van der Waals surface area (Å²) in [7, 11) is 3.14. The summed E-state index contributed by atoms with van der Waals surface area (Å²) in [5.74, 6) is 1.01. The van der Waals surface area contributed by atoms with E-state index in [-0.39, 0.29) is 24.1 Å². The van der Waals surface area contributed by atoms with Gasteiger partial charge in [-0.2, -0.15) is 0 Å². The van der Waals surface area contributed by atoms with Crippen molar-refractivity contribution >= 4 is 40.1 Å². The number of carbonyl (C=O) groups is 2. The monoisotopic (exact) mass is 551 g/mol. The van der Waals surface area contributed by atoms with Crippen LogP contribution in [0.4, 0.5) is 15.8 Å². The molecule has 1 N–H and O–H groups in total. The number of rotatable bonds is 10. The van der Waals surface area contributed by atoms with Crippen molar-refractivity contribution in [3.05, 3.63) is 78.1 Å². The second kappa shape index (κ2) is 13.1. The van der Waals surface area contributed by atoms with E-state index in [2.05, 4.69) is 10.3 Å². The zero-order valence-corrected chi connectivity index (χ0v) is 22.8. The average Bonchev–Trinajstić information content (AvgIpc) is 2.94. The summed E-state index contributed by atoms with van der Waals surface area (Å²) in [6.45, 7) is 2.79. The van der Waals surface area contributed by atoms with E-state index in [9.17, 15) is 14.0 Å². The number of nitrogens with one attached hydrogen (secondary N) is 1. The van der Waals surface area contributed by atoms with Crippen LogP contribution in [0.2, 0.25) is 0 Å². The van der Waals surface area contributed by atoms with Gasteiger partial charge in [0.05, 0.1) is 26.5 Å². The first-order valence-corrected chi connectivity index (χ1v) is 13.3. The number of anilines is 1. The molecule has 0 radical (unpaired) electrons. The molecule has 3 aromatic rings. The van der Waals surface area contributed by atoms with Crippen molar-refractivity contribution in [2.45, 2.75) is 25.0 Å². The van der Waals surface area contributed by atoms with Gasteiger partial charge in [-0.3, -0.25) is 14.5 Å². The van der Waals surface area contributed by atoms with Gasteiger partial charge in [0, 0.05) is 18.7 Å². The molecule has 0 aromatic heterocycles. The molecule has 10 heteroatoms. The standard InChI is InChI=1S/C29H30FN3O5S/c1-4-38-23-12-10-21(11-13-23)31-28(35)26-18-27(34)33(29(39-26)32-22-8-6-20(30)7-9-22)16-15-19-5-14-24(36-2)25(17-19)37-3/h5-14,17,26H,4,15-16,18H2,1-3H3,(H,31,35)/t26-/m0/s1. The lowest BCUT2D eigenvalue weighted by molar-refractivity contribution is -0.129. The number of hydrogen-bond acceptors (Lipinski definition) is 7. The van der Waals surface area contributed by atoms with Gasteiger partial charge in [-0.15, -0.1) is 0 Å². The van der Waals surface area contributed by atoms with Crippen LogP contribution in [0.5, 0.6) is 17.2 Å². The highest BCUT2D eigenvalue weighted by Crippen LogP contribution is 2.32. The molecule has 1 aliphatic rings. The molecule has 1 saturated heterocycles. The van der Waals surface area contributed by atoms with Crippen molar-refractivity contribution in [2.24, 2.45) is 4.99 Å². The molecule has 0 aliphatic carbocycles. The summed E-state index contributed by atoms with van der Waals surface area (Å²) >= 11 is 1.21. The molecule has 0 unspecified atom stereocenters. The smallest absolute Gasteiger partial charge is 0.238 e. The Hall–Kier alpha value is -4.05. The van der Waals surface area contributed by atoms with Crippen molar-refractivity contribution in [1.29, 1.82) is 0 Å². The van der Waals surface area contributed by atoms with Crippen LogP contribution in [-0.2, 0) is 16.0 Å². The Morgan fingerprint density at radius 3 is 2.44 bits per heavy atom. The van der Waals surface area contributed by atoms with Gasteiger partial charge in [-0.1, -0.05) is 17.8 Å². The van der Waals surface area contributed by atoms with Crippen LogP contribution in [0.3, 0.4) is 0 Å². The van der Waals surface area contributed by atoms with Crippen LogP contribution in [0.25, 0.3) is 0 Å². The van der Waals surface area contributed by atoms with Crippen molar-refractivity contribution < 1.29 is 28.2 Å². The lowest BCUT2D eigenvalue weighted by atomic mass is 10.1. The van der Waals surface area contributed by atoms with E-state index in [0.717, 1.165) is 5.56 Å². The molecule has 204 valence electrons. The summed E-state index contributed by atoms with van der Waals surface area (Å²) in [6, 6.07) is 18.3. The molecule has 0 saturated carbocycles. The van der Waals surface area contributed by atoms with Crippen LogP contribution in [0.15, 0.2) is 71.7 Å². The molecule has 4 rings (SSSR count). The first-order valence-electron chi connectivity index (χ1n) is 12.5. The van der Waals surface area contributed by atoms with Gasteiger partial charge in [0.15, 0.2) is 16.7 Å². The Labute approximate surface area is 231 Å². The van der Waals surface area contributed by atoms with Gasteiger partial charge in [0.1, 0.15) is 16.8 Å². The Morgan fingerprint density at radius 2 is 1.77 bits per heavy atom. The highest BCUT2D eigenvalue weighted by molar-refractivity contribution is 8.15. The fourth-order valence-corrected chi connectivity index (χ4v) is 5.11. The van der Waals surface area contributed by atoms with E-state index >= 15 is 0 Å². The zero-order valence-electron chi connectivity index (χ0n) is 22.0. The Balaban J connectivity index is 1.52. The van der Waals surface area contributed by atoms with E-state index in [0.29, 0.717) is 53.4 Å². The van der Waals surface area contributed by atoms with Crippen molar-refractivity contribution in [1.82, 2.24) is 4.90 Å². The van der Waals surface area contributed by atoms with Gasteiger partial charge in [0.2, 0.25) is 11.8 Å². The molecule has 39 heavy (non-hydrogen) atoms. The van der Waals surface area contributed by atoms with Crippen LogP contribution >= 0.6 is 11.8 Å². The first kappa shape index (κ1) is 28.0. The van der Waals surface area contributed by atoms with E-state index < -0.39 is 5.25 Å². The fourth-order valence-electron chi connectivity index (χ4n) is 3.99. The number of hydrogen-bond donors (Lipinski definition) is 1. The molecule has 1 atom stereocenters. The number of halogens is 1. The van der Waals surface area contributed by atoms with Crippen molar-refractivity contribution in [3.63, 3.8) is 0 Å². The van der Waals surface area contributed by atoms with Gasteiger partial charge in [0.25, 0.3) is 0 Å². The molecule has 0 spiro atoms. The number of amidine groups is 1. The summed E-state index contributed by atoms with van der Waals surface area (Å²) in [6.07, 6.45) is 0.542. The molecule has 8 nitrogen and oxygen atoms in total. The number of ether oxygens (including phenoxy) is 3. The van der Waals surface area contributed by atoms with Crippen LogP contribution in [0, 0.1) is 5.82 Å². The third-order valence-electron chi connectivity index (χ3n) is 5.99. The van der Waals surface area contributed by atoms with Crippen LogP contribution in [-0.4, -0.2) is 54.5 Å². The van der Waals surface area contributed by atoms with E-state index in [1.54, 1.807) is 43.4 Å². The van der Waals surface area contributed by atoms with Crippen molar-refractivity contribution in [2.75, 3.05) is 32.7 Å². The molecule has 0 bridgehead atoms. The zero-order chi connectivity index (χ0) is 27.8.